The molecule has 0 atom stereocenters. The highest BCUT2D eigenvalue weighted by molar-refractivity contribution is 7.19. The number of benzene rings is 2. The van der Waals surface area contributed by atoms with Crippen LogP contribution in [0.1, 0.15) is 60.9 Å². The first-order valence-electron chi connectivity index (χ1n) is 11.7. The lowest BCUT2D eigenvalue weighted by atomic mass is 9.79. The van der Waals surface area contributed by atoms with E-state index in [2.05, 4.69) is 0 Å². The van der Waals surface area contributed by atoms with Crippen LogP contribution in [0.25, 0.3) is 10.1 Å². The van der Waals surface area contributed by atoms with Gasteiger partial charge in [0, 0.05) is 10.8 Å². The standard InChI is InChI=1S/C27H23F7OS/c1-2-3-19-10-18-13-23(30)25(24(31)26(18)36-19)35-14-15-4-6-16(7-5-15)17-11-21(28)20(22(29)12-17)8-9-27(32,33)34/h10-13,15-16H,2-7,14H2,1H3. The molecule has 0 aliphatic heterocycles. The van der Waals surface area contributed by atoms with Crippen LogP contribution in [-0.4, -0.2) is 12.8 Å². The van der Waals surface area contributed by atoms with Gasteiger partial charge in [-0.05, 0) is 79.2 Å². The SMILES string of the molecule is CCCc1cc2cc(F)c(OCC3CCC(c4cc(F)c(C#CC(F)(F)F)c(F)c4)CC3)c(F)c2s1. The fourth-order valence-electron chi connectivity index (χ4n) is 4.59. The van der Waals surface area contributed by atoms with E-state index in [1.807, 2.05) is 6.92 Å². The van der Waals surface area contributed by atoms with Gasteiger partial charge < -0.3 is 4.74 Å². The molecule has 0 radical (unpaired) electrons. The molecule has 3 aromatic rings. The van der Waals surface area contributed by atoms with Gasteiger partial charge in [-0.1, -0.05) is 19.3 Å². The molecule has 0 amide bonds. The van der Waals surface area contributed by atoms with Gasteiger partial charge in [-0.3, -0.25) is 0 Å². The molecule has 4 rings (SSSR count). The van der Waals surface area contributed by atoms with E-state index in [1.54, 1.807) is 6.07 Å². The van der Waals surface area contributed by atoms with Crippen molar-refractivity contribution in [1.29, 1.82) is 0 Å². The lowest BCUT2D eigenvalue weighted by Gasteiger charge is -2.29. The minimum Gasteiger partial charge on any atom is -0.487 e. The highest BCUT2D eigenvalue weighted by atomic mass is 32.1. The maximum absolute atomic E-state index is 15.0. The number of aryl methyl sites for hydroxylation is 1. The second-order valence-electron chi connectivity index (χ2n) is 9.02. The normalized spacial score (nSPS) is 18.2. The smallest absolute Gasteiger partial charge is 0.458 e. The molecule has 36 heavy (non-hydrogen) atoms. The number of fused-ring (bicyclic) bond motifs is 1. The molecule has 1 saturated carbocycles. The molecule has 1 aliphatic carbocycles. The van der Waals surface area contributed by atoms with E-state index >= 15 is 0 Å². The van der Waals surface area contributed by atoms with Crippen LogP contribution in [0.15, 0.2) is 24.3 Å². The molecule has 1 aliphatic rings. The Morgan fingerprint density at radius 1 is 0.944 bits per heavy atom. The van der Waals surface area contributed by atoms with Crippen molar-refractivity contribution in [2.75, 3.05) is 6.61 Å². The van der Waals surface area contributed by atoms with E-state index in [0.717, 1.165) is 35.8 Å². The first kappa shape index (κ1) is 26.3. The van der Waals surface area contributed by atoms with E-state index in [0.29, 0.717) is 41.3 Å². The Morgan fingerprint density at radius 3 is 2.22 bits per heavy atom. The lowest BCUT2D eigenvalue weighted by Crippen LogP contribution is -2.20. The van der Waals surface area contributed by atoms with Gasteiger partial charge in [0.25, 0.3) is 0 Å². The predicted octanol–water partition coefficient (Wildman–Crippen LogP) is 8.68. The van der Waals surface area contributed by atoms with Crippen molar-refractivity contribution < 1.29 is 35.5 Å². The molecule has 1 heterocycles. The van der Waals surface area contributed by atoms with Crippen LogP contribution < -0.4 is 4.74 Å². The number of hydrogen-bond acceptors (Lipinski definition) is 2. The fraction of sp³-hybridized carbons (Fsp3) is 0.407. The molecule has 9 heteroatoms. The summed E-state index contributed by atoms with van der Waals surface area (Å²) in [5, 5.41) is 0.515. The Kier molecular flexibility index (Phi) is 7.84. The molecule has 0 spiro atoms. The van der Waals surface area contributed by atoms with Crippen LogP contribution in [0.2, 0.25) is 0 Å². The summed E-state index contributed by atoms with van der Waals surface area (Å²) in [5.74, 6) is -1.92. The average Bonchev–Trinajstić information content (AvgIpc) is 3.20. The van der Waals surface area contributed by atoms with Gasteiger partial charge in [0.15, 0.2) is 17.4 Å². The number of ether oxygens (including phenoxy) is 1. The zero-order valence-corrected chi connectivity index (χ0v) is 20.2. The maximum Gasteiger partial charge on any atom is 0.458 e. The van der Waals surface area contributed by atoms with Crippen LogP contribution in [0, 0.1) is 41.0 Å². The van der Waals surface area contributed by atoms with Crippen molar-refractivity contribution in [3.05, 3.63) is 63.5 Å². The summed E-state index contributed by atoms with van der Waals surface area (Å²) in [6, 6.07) is 5.13. The van der Waals surface area contributed by atoms with Gasteiger partial charge in [-0.25, -0.2) is 17.6 Å². The molecule has 2 aromatic carbocycles. The van der Waals surface area contributed by atoms with Crippen LogP contribution >= 0.6 is 11.3 Å². The van der Waals surface area contributed by atoms with Crippen molar-refractivity contribution in [2.24, 2.45) is 5.92 Å². The van der Waals surface area contributed by atoms with Crippen LogP contribution in [0.5, 0.6) is 5.75 Å². The first-order valence-corrected chi connectivity index (χ1v) is 12.5. The second-order valence-corrected chi connectivity index (χ2v) is 10.2. The third-order valence-electron chi connectivity index (χ3n) is 6.38. The Bertz CT molecular complexity index is 1280. The Labute approximate surface area is 208 Å². The van der Waals surface area contributed by atoms with Gasteiger partial charge in [-0.2, -0.15) is 13.2 Å². The van der Waals surface area contributed by atoms with E-state index < -0.39 is 40.8 Å². The van der Waals surface area contributed by atoms with Gasteiger partial charge in [0.1, 0.15) is 11.6 Å². The van der Waals surface area contributed by atoms with Crippen molar-refractivity contribution in [3.8, 4) is 17.6 Å². The minimum atomic E-state index is -4.85. The largest absolute Gasteiger partial charge is 0.487 e. The van der Waals surface area contributed by atoms with Crippen LogP contribution in [0.4, 0.5) is 30.7 Å². The zero-order chi connectivity index (χ0) is 26.0. The summed E-state index contributed by atoms with van der Waals surface area (Å²) in [6.45, 7) is 2.12. The number of hydrogen-bond donors (Lipinski definition) is 0. The monoisotopic (exact) mass is 528 g/mol. The van der Waals surface area contributed by atoms with E-state index in [4.69, 9.17) is 4.74 Å². The van der Waals surface area contributed by atoms with Crippen molar-refractivity contribution in [1.82, 2.24) is 0 Å². The first-order chi connectivity index (χ1) is 17.1. The zero-order valence-electron chi connectivity index (χ0n) is 19.4. The molecule has 0 saturated heterocycles. The highest BCUT2D eigenvalue weighted by Crippen LogP contribution is 2.39. The van der Waals surface area contributed by atoms with Crippen molar-refractivity contribution >= 4 is 21.4 Å². The van der Waals surface area contributed by atoms with Crippen molar-refractivity contribution in [2.45, 2.75) is 57.5 Å². The second kappa shape index (κ2) is 10.7. The molecule has 1 fully saturated rings. The highest BCUT2D eigenvalue weighted by Gasteiger charge is 2.27. The van der Waals surface area contributed by atoms with Gasteiger partial charge >= 0.3 is 6.18 Å². The average molecular weight is 529 g/mol. The third-order valence-corrected chi connectivity index (χ3v) is 7.58. The third kappa shape index (κ3) is 5.97. The molecule has 0 unspecified atom stereocenters. The van der Waals surface area contributed by atoms with Gasteiger partial charge in [-0.15, -0.1) is 11.3 Å². The summed E-state index contributed by atoms with van der Waals surface area (Å²) in [7, 11) is 0. The molecule has 1 aromatic heterocycles. The van der Waals surface area contributed by atoms with E-state index in [-0.39, 0.29) is 18.4 Å². The molecule has 0 N–H and O–H groups in total. The van der Waals surface area contributed by atoms with Gasteiger partial charge in [0.05, 0.1) is 16.9 Å². The lowest BCUT2D eigenvalue weighted by molar-refractivity contribution is -0.0696. The van der Waals surface area contributed by atoms with Crippen LogP contribution in [0.3, 0.4) is 0 Å². The Morgan fingerprint density at radius 2 is 1.61 bits per heavy atom. The topological polar surface area (TPSA) is 9.23 Å². The number of alkyl halides is 3. The summed E-state index contributed by atoms with van der Waals surface area (Å²) in [5.41, 5.74) is -0.559. The van der Waals surface area contributed by atoms with Gasteiger partial charge in [0.2, 0.25) is 0 Å². The Balaban J connectivity index is 1.39. The van der Waals surface area contributed by atoms with Crippen LogP contribution in [-0.2, 0) is 6.42 Å². The number of thiophene rings is 1. The fourth-order valence-corrected chi connectivity index (χ4v) is 5.77. The quantitative estimate of drug-likeness (QED) is 0.230. The van der Waals surface area contributed by atoms with Crippen molar-refractivity contribution in [3.63, 3.8) is 0 Å². The minimum absolute atomic E-state index is 0.00125. The summed E-state index contributed by atoms with van der Waals surface area (Å²) in [4.78, 5) is 0.981. The summed E-state index contributed by atoms with van der Waals surface area (Å²) in [6.07, 6.45) is -0.845. The maximum atomic E-state index is 15.0. The molecular weight excluding hydrogens is 505 g/mol. The Hall–Kier alpha value is -2.73. The van der Waals surface area contributed by atoms with E-state index in [1.165, 1.54) is 23.3 Å². The number of halogens is 7. The summed E-state index contributed by atoms with van der Waals surface area (Å²) < 4.78 is 101. The van der Waals surface area contributed by atoms with E-state index in [9.17, 15) is 30.7 Å². The number of rotatable bonds is 6. The molecule has 0 bridgehead atoms. The molecule has 192 valence electrons. The summed E-state index contributed by atoms with van der Waals surface area (Å²) >= 11 is 1.29. The predicted molar refractivity (Wildman–Crippen MR) is 125 cm³/mol. The molecular formula is C27H23F7OS. The molecule has 1 nitrogen and oxygen atoms in total.